The number of sulfonamides is 1. The molecule has 0 spiro atoms. The van der Waals surface area contributed by atoms with Crippen LogP contribution < -0.4 is 14.2 Å². The molecule has 0 radical (unpaired) electrons. The number of benzene rings is 2. The highest BCUT2D eigenvalue weighted by Gasteiger charge is 2.37. The summed E-state index contributed by atoms with van der Waals surface area (Å²) in [7, 11) is 0.850. The molecule has 6 nitrogen and oxygen atoms in total. The van der Waals surface area contributed by atoms with Gasteiger partial charge in [-0.1, -0.05) is 12.1 Å². The fraction of sp³-hybridized carbons (Fsp3) is 0.368. The number of ether oxygens (including phenoxy) is 3. The van der Waals surface area contributed by atoms with Crippen LogP contribution in [0.5, 0.6) is 17.2 Å². The Hall–Kier alpha value is -2.25. The van der Waals surface area contributed by atoms with Gasteiger partial charge in [0.1, 0.15) is 22.1 Å². The van der Waals surface area contributed by atoms with Crippen LogP contribution in [0.25, 0.3) is 0 Å². The van der Waals surface area contributed by atoms with Gasteiger partial charge in [-0.3, -0.25) is 0 Å². The number of methoxy groups -OCH3 is 3. The van der Waals surface area contributed by atoms with Gasteiger partial charge in [0.15, 0.2) is 0 Å². The molecule has 140 valence electrons. The summed E-state index contributed by atoms with van der Waals surface area (Å²) in [5, 5.41) is 0. The minimum atomic E-state index is -3.73. The van der Waals surface area contributed by atoms with Gasteiger partial charge in [0.2, 0.25) is 10.0 Å². The summed E-state index contributed by atoms with van der Waals surface area (Å²) in [4.78, 5) is 0.125. The standard InChI is InChI=1S/C19H23NO5S/c1-23-15-8-6-14(7-9-15)17-5-4-12-20(17)26(21,22)19-13-16(24-2)10-11-18(19)25-3/h6-11,13,17H,4-5,12H2,1-3H3/t17-/m1/s1. The van der Waals surface area contributed by atoms with Crippen molar-refractivity contribution in [1.82, 2.24) is 4.31 Å². The lowest BCUT2D eigenvalue weighted by Crippen LogP contribution is -2.31. The van der Waals surface area contributed by atoms with Gasteiger partial charge in [0.05, 0.1) is 27.4 Å². The van der Waals surface area contributed by atoms with Crippen LogP contribution in [0.2, 0.25) is 0 Å². The van der Waals surface area contributed by atoms with Crippen molar-refractivity contribution in [3.63, 3.8) is 0 Å². The first-order valence-corrected chi connectivity index (χ1v) is 9.83. The predicted molar refractivity (Wildman–Crippen MR) is 98.4 cm³/mol. The molecule has 0 unspecified atom stereocenters. The third kappa shape index (κ3) is 3.37. The maximum Gasteiger partial charge on any atom is 0.247 e. The second-order valence-corrected chi connectivity index (χ2v) is 7.92. The van der Waals surface area contributed by atoms with Crippen LogP contribution in [0.3, 0.4) is 0 Å². The molecule has 0 saturated carbocycles. The quantitative estimate of drug-likeness (QED) is 0.773. The first-order valence-electron chi connectivity index (χ1n) is 8.39. The van der Waals surface area contributed by atoms with Crippen LogP contribution in [0.1, 0.15) is 24.4 Å². The summed E-state index contributed by atoms with van der Waals surface area (Å²) in [6, 6.07) is 12.1. The molecule has 1 fully saturated rings. The second kappa shape index (κ2) is 7.55. The molecule has 2 aromatic carbocycles. The molecule has 1 atom stereocenters. The molecule has 1 saturated heterocycles. The Morgan fingerprint density at radius 3 is 2.19 bits per heavy atom. The minimum Gasteiger partial charge on any atom is -0.497 e. The van der Waals surface area contributed by atoms with E-state index in [4.69, 9.17) is 14.2 Å². The van der Waals surface area contributed by atoms with Gasteiger partial charge in [-0.2, -0.15) is 4.31 Å². The maximum absolute atomic E-state index is 13.4. The van der Waals surface area contributed by atoms with Crippen molar-refractivity contribution >= 4 is 10.0 Å². The van der Waals surface area contributed by atoms with Gasteiger partial charge >= 0.3 is 0 Å². The van der Waals surface area contributed by atoms with E-state index in [1.807, 2.05) is 24.3 Å². The highest BCUT2D eigenvalue weighted by Crippen LogP contribution is 2.40. The number of hydrogen-bond donors (Lipinski definition) is 0. The van der Waals surface area contributed by atoms with Crippen molar-refractivity contribution in [2.75, 3.05) is 27.9 Å². The molecule has 0 N–H and O–H groups in total. The summed E-state index contributed by atoms with van der Waals surface area (Å²) in [5.74, 6) is 1.53. The lowest BCUT2D eigenvalue weighted by atomic mass is 10.1. The van der Waals surface area contributed by atoms with Crippen molar-refractivity contribution in [3.05, 3.63) is 48.0 Å². The molecule has 0 aliphatic carbocycles. The molecular formula is C19H23NO5S. The highest BCUT2D eigenvalue weighted by atomic mass is 32.2. The van der Waals surface area contributed by atoms with Crippen LogP contribution in [0.15, 0.2) is 47.4 Å². The molecule has 0 aromatic heterocycles. The second-order valence-electron chi connectivity index (χ2n) is 6.06. The van der Waals surface area contributed by atoms with Crippen LogP contribution >= 0.6 is 0 Å². The minimum absolute atomic E-state index is 0.125. The van der Waals surface area contributed by atoms with Crippen molar-refractivity contribution in [3.8, 4) is 17.2 Å². The summed E-state index contributed by atoms with van der Waals surface area (Å²) in [6.07, 6.45) is 1.58. The first kappa shape index (κ1) is 18.5. The van der Waals surface area contributed by atoms with Crippen molar-refractivity contribution in [2.24, 2.45) is 0 Å². The zero-order valence-electron chi connectivity index (χ0n) is 15.1. The predicted octanol–water partition coefficient (Wildman–Crippen LogP) is 3.24. The van der Waals surface area contributed by atoms with E-state index in [9.17, 15) is 8.42 Å². The summed E-state index contributed by atoms with van der Waals surface area (Å²) >= 11 is 0. The van der Waals surface area contributed by atoms with Gasteiger partial charge in [-0.25, -0.2) is 8.42 Å². The van der Waals surface area contributed by atoms with E-state index < -0.39 is 10.0 Å². The maximum atomic E-state index is 13.4. The molecular weight excluding hydrogens is 354 g/mol. The monoisotopic (exact) mass is 377 g/mol. The Balaban J connectivity index is 2.00. The number of rotatable bonds is 6. The lowest BCUT2D eigenvalue weighted by Gasteiger charge is -2.25. The summed E-state index contributed by atoms with van der Waals surface area (Å²) in [5.41, 5.74) is 0.953. The Bertz CT molecular complexity index is 864. The molecule has 2 aromatic rings. The van der Waals surface area contributed by atoms with Crippen LogP contribution in [0, 0.1) is 0 Å². The molecule has 3 rings (SSSR count). The van der Waals surface area contributed by atoms with Gasteiger partial charge < -0.3 is 14.2 Å². The Kier molecular flexibility index (Phi) is 5.38. The molecule has 7 heteroatoms. The molecule has 26 heavy (non-hydrogen) atoms. The van der Waals surface area contributed by atoms with Gasteiger partial charge in [-0.15, -0.1) is 0 Å². The first-order chi connectivity index (χ1) is 12.5. The Morgan fingerprint density at radius 2 is 1.58 bits per heavy atom. The fourth-order valence-corrected chi connectivity index (χ4v) is 5.15. The zero-order valence-corrected chi connectivity index (χ0v) is 16.0. The highest BCUT2D eigenvalue weighted by molar-refractivity contribution is 7.89. The van der Waals surface area contributed by atoms with E-state index in [-0.39, 0.29) is 10.9 Å². The van der Waals surface area contributed by atoms with Crippen molar-refractivity contribution in [2.45, 2.75) is 23.8 Å². The van der Waals surface area contributed by atoms with E-state index in [0.717, 1.165) is 24.2 Å². The van der Waals surface area contributed by atoms with Gasteiger partial charge in [0.25, 0.3) is 0 Å². The van der Waals surface area contributed by atoms with Crippen LogP contribution in [0.4, 0.5) is 0 Å². The van der Waals surface area contributed by atoms with Crippen LogP contribution in [-0.4, -0.2) is 40.6 Å². The topological polar surface area (TPSA) is 65.1 Å². The SMILES string of the molecule is COc1ccc([C@H]2CCCN2S(=O)(=O)c2cc(OC)ccc2OC)cc1. The van der Waals surface area contributed by atoms with Gasteiger partial charge in [-0.05, 0) is 42.7 Å². The number of hydrogen-bond acceptors (Lipinski definition) is 5. The smallest absolute Gasteiger partial charge is 0.247 e. The van der Waals surface area contributed by atoms with E-state index >= 15 is 0 Å². The molecule has 0 bridgehead atoms. The zero-order chi connectivity index (χ0) is 18.7. The van der Waals surface area contributed by atoms with Gasteiger partial charge in [0, 0.05) is 12.6 Å². The molecule has 1 heterocycles. The average molecular weight is 377 g/mol. The van der Waals surface area contributed by atoms with E-state index in [1.165, 1.54) is 20.3 Å². The Labute approximate surface area is 154 Å². The van der Waals surface area contributed by atoms with Crippen LogP contribution in [-0.2, 0) is 10.0 Å². The lowest BCUT2D eigenvalue weighted by molar-refractivity contribution is 0.375. The fourth-order valence-electron chi connectivity index (χ4n) is 3.30. The van der Waals surface area contributed by atoms with Crippen molar-refractivity contribution < 1.29 is 22.6 Å². The largest absolute Gasteiger partial charge is 0.497 e. The molecule has 1 aliphatic rings. The Morgan fingerprint density at radius 1 is 0.923 bits per heavy atom. The van der Waals surface area contributed by atoms with E-state index in [0.29, 0.717) is 18.0 Å². The third-order valence-corrected chi connectivity index (χ3v) is 6.59. The van der Waals surface area contributed by atoms with E-state index in [1.54, 1.807) is 23.5 Å². The third-order valence-electron chi connectivity index (χ3n) is 4.66. The molecule has 1 aliphatic heterocycles. The normalized spacial score (nSPS) is 17.9. The number of nitrogens with zero attached hydrogens (tertiary/aromatic N) is 1. The van der Waals surface area contributed by atoms with E-state index in [2.05, 4.69) is 0 Å². The summed E-state index contributed by atoms with van der Waals surface area (Å²) in [6.45, 7) is 0.472. The van der Waals surface area contributed by atoms with Crippen molar-refractivity contribution in [1.29, 1.82) is 0 Å². The average Bonchev–Trinajstić information content (AvgIpc) is 3.18. The molecule has 0 amide bonds. The summed E-state index contributed by atoms with van der Waals surface area (Å²) < 4.78 is 43.9.